The highest BCUT2D eigenvalue weighted by molar-refractivity contribution is 9.10. The first-order chi connectivity index (χ1) is 11.3. The van der Waals surface area contributed by atoms with Gasteiger partial charge in [-0.1, -0.05) is 30.3 Å². The van der Waals surface area contributed by atoms with Crippen LogP contribution in [0.3, 0.4) is 0 Å². The van der Waals surface area contributed by atoms with E-state index < -0.39 is 15.6 Å². The topological polar surface area (TPSA) is 79.5 Å². The summed E-state index contributed by atoms with van der Waals surface area (Å²) in [6.07, 6.45) is 0. The van der Waals surface area contributed by atoms with Gasteiger partial charge in [0.1, 0.15) is 16.9 Å². The van der Waals surface area contributed by atoms with Crippen LogP contribution in [0.2, 0.25) is 0 Å². The Morgan fingerprint density at radius 2 is 1.83 bits per heavy atom. The van der Waals surface area contributed by atoms with Gasteiger partial charge in [-0.05, 0) is 47.1 Å². The SMILES string of the molecule is CC(O)(CNS(=O)(=O)c1ccccc1Br)c1cc2ccccc2o1. The number of benzene rings is 2. The minimum Gasteiger partial charge on any atom is -0.458 e. The number of halogens is 1. The highest BCUT2D eigenvalue weighted by Crippen LogP contribution is 2.28. The molecule has 3 rings (SSSR count). The molecule has 0 saturated carbocycles. The fourth-order valence-corrected chi connectivity index (χ4v) is 4.44. The highest BCUT2D eigenvalue weighted by Gasteiger charge is 2.30. The molecule has 0 spiro atoms. The summed E-state index contributed by atoms with van der Waals surface area (Å²) in [5.41, 5.74) is -0.839. The second-order valence-electron chi connectivity index (χ2n) is 5.68. The lowest BCUT2D eigenvalue weighted by atomic mass is 10.0. The lowest BCUT2D eigenvalue weighted by Crippen LogP contribution is -2.38. The Kier molecular flexibility index (Phi) is 4.52. The Bertz CT molecular complexity index is 946. The van der Waals surface area contributed by atoms with E-state index in [2.05, 4.69) is 20.7 Å². The molecule has 0 aliphatic carbocycles. The molecule has 2 N–H and O–H groups in total. The highest BCUT2D eigenvalue weighted by atomic mass is 79.9. The summed E-state index contributed by atoms with van der Waals surface area (Å²) in [5, 5.41) is 11.5. The van der Waals surface area contributed by atoms with Crippen molar-refractivity contribution in [1.29, 1.82) is 0 Å². The van der Waals surface area contributed by atoms with E-state index in [0.29, 0.717) is 15.8 Å². The van der Waals surface area contributed by atoms with E-state index >= 15 is 0 Å². The summed E-state index contributed by atoms with van der Waals surface area (Å²) in [6, 6.07) is 15.6. The van der Waals surface area contributed by atoms with E-state index in [-0.39, 0.29) is 11.4 Å². The molecule has 3 aromatic rings. The van der Waals surface area contributed by atoms with Gasteiger partial charge in [0.15, 0.2) is 0 Å². The van der Waals surface area contributed by atoms with Gasteiger partial charge in [0.05, 0.1) is 4.90 Å². The zero-order valence-corrected chi connectivity index (χ0v) is 15.3. The number of furan rings is 1. The van der Waals surface area contributed by atoms with Crippen LogP contribution in [0.1, 0.15) is 12.7 Å². The molecule has 0 radical (unpaired) electrons. The van der Waals surface area contributed by atoms with Crippen LogP contribution in [0.5, 0.6) is 0 Å². The molecule has 2 aromatic carbocycles. The molecule has 24 heavy (non-hydrogen) atoms. The maximum absolute atomic E-state index is 12.4. The van der Waals surface area contributed by atoms with Crippen LogP contribution in [0, 0.1) is 0 Å². The Balaban J connectivity index is 1.83. The first kappa shape index (κ1) is 17.2. The quantitative estimate of drug-likeness (QED) is 0.676. The van der Waals surface area contributed by atoms with E-state index in [1.165, 1.54) is 13.0 Å². The average Bonchev–Trinajstić information content (AvgIpc) is 2.98. The van der Waals surface area contributed by atoms with E-state index in [4.69, 9.17) is 4.42 Å². The molecule has 0 bridgehead atoms. The normalized spacial score (nSPS) is 14.6. The zero-order chi connectivity index (χ0) is 17.4. The molecule has 0 aliphatic rings. The average molecular weight is 410 g/mol. The van der Waals surface area contributed by atoms with Crippen LogP contribution in [0.15, 0.2) is 68.4 Å². The Hall–Kier alpha value is -1.67. The number of sulfonamides is 1. The standard InChI is InChI=1S/C17H16BrNO4S/c1-17(20,16-10-12-6-2-4-8-14(12)23-16)11-19-24(21,22)15-9-5-3-7-13(15)18/h2-10,19-20H,11H2,1H3. The van der Waals surface area contributed by atoms with Crippen molar-refractivity contribution in [1.82, 2.24) is 4.72 Å². The monoisotopic (exact) mass is 409 g/mol. The summed E-state index contributed by atoms with van der Waals surface area (Å²) >= 11 is 3.22. The van der Waals surface area contributed by atoms with Crippen LogP contribution < -0.4 is 4.72 Å². The lowest BCUT2D eigenvalue weighted by molar-refractivity contribution is 0.0412. The first-order valence-electron chi connectivity index (χ1n) is 7.25. The molecule has 0 amide bonds. The molecule has 1 atom stereocenters. The van der Waals surface area contributed by atoms with E-state index in [1.807, 2.05) is 18.2 Å². The van der Waals surface area contributed by atoms with Gasteiger partial charge in [-0.2, -0.15) is 0 Å². The third-order valence-corrected chi connectivity index (χ3v) is 6.10. The van der Waals surface area contributed by atoms with Gasteiger partial charge < -0.3 is 9.52 Å². The van der Waals surface area contributed by atoms with Crippen LogP contribution in [-0.4, -0.2) is 20.1 Å². The van der Waals surface area contributed by atoms with Gasteiger partial charge in [0.2, 0.25) is 10.0 Å². The van der Waals surface area contributed by atoms with Crippen molar-refractivity contribution in [3.63, 3.8) is 0 Å². The molecule has 0 saturated heterocycles. The number of para-hydroxylation sites is 1. The maximum Gasteiger partial charge on any atom is 0.241 e. The van der Waals surface area contributed by atoms with Gasteiger partial charge in [0, 0.05) is 16.4 Å². The van der Waals surface area contributed by atoms with Crippen LogP contribution in [-0.2, 0) is 15.6 Å². The Morgan fingerprint density at radius 3 is 2.54 bits per heavy atom. The fraction of sp³-hybridized carbons (Fsp3) is 0.176. The molecule has 1 heterocycles. The molecule has 1 unspecified atom stereocenters. The predicted molar refractivity (Wildman–Crippen MR) is 95.1 cm³/mol. The third kappa shape index (κ3) is 3.39. The van der Waals surface area contributed by atoms with Crippen LogP contribution in [0.4, 0.5) is 0 Å². The number of rotatable bonds is 5. The smallest absolute Gasteiger partial charge is 0.241 e. The second-order valence-corrected chi connectivity index (χ2v) is 8.27. The van der Waals surface area contributed by atoms with E-state index in [0.717, 1.165) is 5.39 Å². The van der Waals surface area contributed by atoms with Gasteiger partial charge in [0.25, 0.3) is 0 Å². The van der Waals surface area contributed by atoms with Gasteiger partial charge in [-0.3, -0.25) is 0 Å². The molecule has 126 valence electrons. The van der Waals surface area contributed by atoms with Gasteiger partial charge >= 0.3 is 0 Å². The van der Waals surface area contributed by atoms with E-state index in [1.54, 1.807) is 30.3 Å². The third-order valence-electron chi connectivity index (χ3n) is 3.69. The largest absolute Gasteiger partial charge is 0.458 e. The first-order valence-corrected chi connectivity index (χ1v) is 9.53. The van der Waals surface area contributed by atoms with Gasteiger partial charge in [-0.25, -0.2) is 13.1 Å². The molecular formula is C17H16BrNO4S. The number of nitrogens with one attached hydrogen (secondary N) is 1. The zero-order valence-electron chi connectivity index (χ0n) is 12.9. The Labute approximate surface area is 148 Å². The van der Waals surface area contributed by atoms with Crippen molar-refractivity contribution in [2.75, 3.05) is 6.54 Å². The summed E-state index contributed by atoms with van der Waals surface area (Å²) < 4.78 is 33.4. The number of aliphatic hydroxyl groups is 1. The predicted octanol–water partition coefficient (Wildman–Crippen LogP) is 3.38. The van der Waals surface area contributed by atoms with Crippen LogP contribution >= 0.6 is 15.9 Å². The molecule has 7 heteroatoms. The van der Waals surface area contributed by atoms with Crippen molar-refractivity contribution >= 4 is 36.9 Å². The lowest BCUT2D eigenvalue weighted by Gasteiger charge is -2.21. The van der Waals surface area contributed by atoms with Crippen LogP contribution in [0.25, 0.3) is 11.0 Å². The van der Waals surface area contributed by atoms with Crippen molar-refractivity contribution < 1.29 is 17.9 Å². The van der Waals surface area contributed by atoms with Crippen molar-refractivity contribution in [2.45, 2.75) is 17.4 Å². The fourth-order valence-electron chi connectivity index (χ4n) is 2.31. The molecule has 0 fully saturated rings. The summed E-state index contributed by atoms with van der Waals surface area (Å²) in [5.74, 6) is 0.304. The minimum atomic E-state index is -3.76. The molecule has 0 aliphatic heterocycles. The van der Waals surface area contributed by atoms with E-state index in [9.17, 15) is 13.5 Å². The molecule has 5 nitrogen and oxygen atoms in total. The molecule has 1 aromatic heterocycles. The minimum absolute atomic E-state index is 0.116. The summed E-state index contributed by atoms with van der Waals surface area (Å²) in [6.45, 7) is 1.30. The maximum atomic E-state index is 12.4. The summed E-state index contributed by atoms with van der Waals surface area (Å²) in [7, 11) is -3.76. The van der Waals surface area contributed by atoms with Crippen molar-refractivity contribution in [3.05, 3.63) is 64.8 Å². The van der Waals surface area contributed by atoms with Gasteiger partial charge in [-0.15, -0.1) is 0 Å². The van der Waals surface area contributed by atoms with Crippen molar-refractivity contribution in [2.24, 2.45) is 0 Å². The summed E-state index contributed by atoms with van der Waals surface area (Å²) in [4.78, 5) is 0.116. The number of hydrogen-bond acceptors (Lipinski definition) is 4. The van der Waals surface area contributed by atoms with Crippen molar-refractivity contribution in [3.8, 4) is 0 Å². The number of hydrogen-bond donors (Lipinski definition) is 2. The molecular weight excluding hydrogens is 394 g/mol. The second kappa shape index (κ2) is 6.33. The Morgan fingerprint density at radius 1 is 1.17 bits per heavy atom. The number of fused-ring (bicyclic) bond motifs is 1.